The van der Waals surface area contributed by atoms with Gasteiger partial charge in [-0.1, -0.05) is 12.5 Å². The first-order valence-electron chi connectivity index (χ1n) is 12.0. The highest BCUT2D eigenvalue weighted by Crippen LogP contribution is 2.33. The third kappa shape index (κ3) is 4.74. The number of rotatable bonds is 7. The molecule has 1 saturated heterocycles. The minimum Gasteiger partial charge on any atom is -0.377 e. The monoisotopic (exact) mass is 474 g/mol. The van der Waals surface area contributed by atoms with Crippen LogP contribution in [0.25, 0.3) is 11.3 Å². The van der Waals surface area contributed by atoms with E-state index in [1.54, 1.807) is 12.3 Å². The van der Waals surface area contributed by atoms with Gasteiger partial charge in [-0.25, -0.2) is 4.98 Å². The number of aromatic amines is 1. The maximum Gasteiger partial charge on any atom is 0.228 e. The molecule has 0 unspecified atom stereocenters. The molecule has 0 radical (unpaired) electrons. The Bertz CT molecular complexity index is 1220. The van der Waals surface area contributed by atoms with E-state index in [0.29, 0.717) is 48.6 Å². The summed E-state index contributed by atoms with van der Waals surface area (Å²) in [6, 6.07) is 7.77. The van der Waals surface area contributed by atoms with Crippen molar-refractivity contribution in [1.29, 1.82) is 5.41 Å². The Morgan fingerprint density at radius 2 is 2.14 bits per heavy atom. The summed E-state index contributed by atoms with van der Waals surface area (Å²) in [5.74, 6) is 1.97. The van der Waals surface area contributed by atoms with Crippen molar-refractivity contribution in [1.82, 2.24) is 20.2 Å². The summed E-state index contributed by atoms with van der Waals surface area (Å²) in [4.78, 5) is 24.3. The molecular formula is C25H30N8O2. The number of carbonyl (C=O) groups is 1. The minimum atomic E-state index is 0.0870. The molecule has 2 fully saturated rings. The second kappa shape index (κ2) is 9.83. The highest BCUT2D eigenvalue weighted by Gasteiger charge is 2.27. The summed E-state index contributed by atoms with van der Waals surface area (Å²) >= 11 is 0. The zero-order valence-electron chi connectivity index (χ0n) is 20.0. The van der Waals surface area contributed by atoms with Gasteiger partial charge < -0.3 is 25.7 Å². The van der Waals surface area contributed by atoms with E-state index in [0.717, 1.165) is 36.1 Å². The number of nitrogens with one attached hydrogen (secondary N) is 4. The molecule has 10 heteroatoms. The Morgan fingerprint density at radius 3 is 2.80 bits per heavy atom. The molecule has 0 bridgehead atoms. The number of nitrogens with zero attached hydrogens (tertiary/aromatic N) is 4. The largest absolute Gasteiger partial charge is 0.377 e. The van der Waals surface area contributed by atoms with Crippen LogP contribution < -0.4 is 15.5 Å². The molecule has 1 aliphatic carbocycles. The quantitative estimate of drug-likeness (QED) is 0.382. The van der Waals surface area contributed by atoms with Crippen molar-refractivity contribution >= 4 is 35.4 Å². The molecule has 1 amide bonds. The summed E-state index contributed by atoms with van der Waals surface area (Å²) in [7, 11) is 0. The molecule has 0 spiro atoms. The predicted octanol–water partition coefficient (Wildman–Crippen LogP) is 3.88. The number of hydrogen-bond acceptors (Lipinski definition) is 8. The predicted molar refractivity (Wildman–Crippen MR) is 136 cm³/mol. The van der Waals surface area contributed by atoms with E-state index in [1.807, 2.05) is 25.1 Å². The Kier molecular flexibility index (Phi) is 6.45. The first-order chi connectivity index (χ1) is 17.0. The van der Waals surface area contributed by atoms with Crippen LogP contribution in [0, 0.1) is 18.3 Å². The zero-order chi connectivity index (χ0) is 24.4. The summed E-state index contributed by atoms with van der Waals surface area (Å²) in [5.41, 5.74) is 3.79. The number of aryl methyl sites for hydroxylation is 1. The average molecular weight is 475 g/mol. The van der Waals surface area contributed by atoms with Gasteiger partial charge in [-0.15, -0.1) is 0 Å². The SMILES string of the molecule is Cc1cc(-c2nc(N3CCOC[C@H]3C)nc(Nc3ccn[nH]3)c2C=N)ccc1NC(=O)C1CCC1. The molecular weight excluding hydrogens is 444 g/mol. The van der Waals surface area contributed by atoms with E-state index in [1.165, 1.54) is 6.21 Å². The molecule has 5 rings (SSSR count). The number of anilines is 4. The third-order valence-electron chi connectivity index (χ3n) is 6.69. The zero-order valence-corrected chi connectivity index (χ0v) is 20.0. The van der Waals surface area contributed by atoms with E-state index < -0.39 is 0 Å². The van der Waals surface area contributed by atoms with Crippen molar-refractivity contribution in [3.63, 3.8) is 0 Å². The number of ether oxygens (including phenoxy) is 1. The molecule has 3 heterocycles. The van der Waals surface area contributed by atoms with Crippen LogP contribution in [0.5, 0.6) is 0 Å². The molecule has 35 heavy (non-hydrogen) atoms. The second-order valence-corrected chi connectivity index (χ2v) is 9.14. The van der Waals surface area contributed by atoms with E-state index >= 15 is 0 Å². The number of hydrogen-bond donors (Lipinski definition) is 4. The van der Waals surface area contributed by atoms with Gasteiger partial charge in [0, 0.05) is 36.0 Å². The number of H-pyrrole nitrogens is 1. The van der Waals surface area contributed by atoms with Crippen LogP contribution in [-0.2, 0) is 9.53 Å². The van der Waals surface area contributed by atoms with E-state index in [2.05, 4.69) is 32.7 Å². The van der Waals surface area contributed by atoms with Crippen LogP contribution in [0.3, 0.4) is 0 Å². The van der Waals surface area contributed by atoms with Crippen molar-refractivity contribution in [3.8, 4) is 11.3 Å². The van der Waals surface area contributed by atoms with Gasteiger partial charge in [0.1, 0.15) is 11.6 Å². The Labute approximate surface area is 204 Å². The first-order valence-corrected chi connectivity index (χ1v) is 12.0. The Hall–Kier alpha value is -3.79. The van der Waals surface area contributed by atoms with Crippen LogP contribution >= 0.6 is 0 Å². The molecule has 10 nitrogen and oxygen atoms in total. The van der Waals surface area contributed by atoms with Gasteiger partial charge in [0.25, 0.3) is 0 Å². The molecule has 2 aromatic heterocycles. The Balaban J connectivity index is 1.54. The molecule has 3 aromatic rings. The molecule has 1 aromatic carbocycles. The number of benzene rings is 1. The maximum atomic E-state index is 12.5. The third-order valence-corrected chi connectivity index (χ3v) is 6.69. The fraction of sp³-hybridized carbons (Fsp3) is 0.400. The number of morpholine rings is 1. The highest BCUT2D eigenvalue weighted by atomic mass is 16.5. The van der Waals surface area contributed by atoms with Crippen molar-refractivity contribution in [3.05, 3.63) is 41.6 Å². The molecule has 4 N–H and O–H groups in total. The van der Waals surface area contributed by atoms with Crippen molar-refractivity contribution in [2.24, 2.45) is 5.92 Å². The molecule has 182 valence electrons. The van der Waals surface area contributed by atoms with Gasteiger partial charge in [-0.3, -0.25) is 9.89 Å². The molecule has 1 aliphatic heterocycles. The van der Waals surface area contributed by atoms with Gasteiger partial charge in [-0.05, 0) is 44.4 Å². The number of carbonyl (C=O) groups excluding carboxylic acids is 1. The van der Waals surface area contributed by atoms with Crippen molar-refractivity contribution in [2.45, 2.75) is 39.2 Å². The summed E-state index contributed by atoms with van der Waals surface area (Å²) in [6.07, 6.45) is 5.96. The van der Waals surface area contributed by atoms with Crippen LogP contribution in [0.4, 0.5) is 23.3 Å². The Morgan fingerprint density at radius 1 is 1.29 bits per heavy atom. The molecule has 1 saturated carbocycles. The van der Waals surface area contributed by atoms with Crippen LogP contribution in [0.1, 0.15) is 37.3 Å². The molecule has 2 aliphatic rings. The van der Waals surface area contributed by atoms with E-state index in [9.17, 15) is 4.79 Å². The number of amides is 1. The summed E-state index contributed by atoms with van der Waals surface area (Å²) in [6.45, 7) is 5.94. The topological polar surface area (TPSA) is 132 Å². The number of aromatic nitrogens is 4. The fourth-order valence-electron chi connectivity index (χ4n) is 4.37. The lowest BCUT2D eigenvalue weighted by Gasteiger charge is -2.34. The van der Waals surface area contributed by atoms with Crippen LogP contribution in [-0.4, -0.2) is 58.1 Å². The summed E-state index contributed by atoms with van der Waals surface area (Å²) in [5, 5.41) is 21.4. The van der Waals surface area contributed by atoms with Crippen molar-refractivity contribution < 1.29 is 9.53 Å². The van der Waals surface area contributed by atoms with Gasteiger partial charge >= 0.3 is 0 Å². The fourth-order valence-corrected chi connectivity index (χ4v) is 4.37. The van der Waals surface area contributed by atoms with Crippen molar-refractivity contribution in [2.75, 3.05) is 35.3 Å². The minimum absolute atomic E-state index is 0.0870. The highest BCUT2D eigenvalue weighted by molar-refractivity contribution is 5.96. The van der Waals surface area contributed by atoms with Crippen LogP contribution in [0.15, 0.2) is 30.5 Å². The molecule has 1 atom stereocenters. The lowest BCUT2D eigenvalue weighted by molar-refractivity contribution is -0.122. The second-order valence-electron chi connectivity index (χ2n) is 9.14. The van der Waals surface area contributed by atoms with Gasteiger partial charge in [0.05, 0.1) is 36.7 Å². The van der Waals surface area contributed by atoms with E-state index in [-0.39, 0.29) is 17.9 Å². The smallest absolute Gasteiger partial charge is 0.228 e. The standard InChI is InChI=1S/C25H30N8O2/c1-15-12-18(6-7-20(15)28-24(34)17-4-3-5-17)22-19(13-26)23(29-21-8-9-27-32-21)31-25(30-22)33-10-11-35-14-16(33)2/h6-9,12-13,16-17,26H,3-5,10-11,14H2,1-2H3,(H,28,34)(H2,27,29,30,31,32)/t16-/m1/s1. The normalized spacial score (nSPS) is 18.1. The lowest BCUT2D eigenvalue weighted by atomic mass is 9.84. The summed E-state index contributed by atoms with van der Waals surface area (Å²) < 4.78 is 5.60. The lowest BCUT2D eigenvalue weighted by Crippen LogP contribution is -2.44. The van der Waals surface area contributed by atoms with E-state index in [4.69, 9.17) is 20.1 Å². The maximum absolute atomic E-state index is 12.5. The van der Waals surface area contributed by atoms with Gasteiger partial charge in [-0.2, -0.15) is 10.1 Å². The van der Waals surface area contributed by atoms with Gasteiger partial charge in [0.2, 0.25) is 11.9 Å². The average Bonchev–Trinajstić information content (AvgIpc) is 3.32. The first kappa shape index (κ1) is 23.0. The van der Waals surface area contributed by atoms with Gasteiger partial charge in [0.15, 0.2) is 0 Å². The van der Waals surface area contributed by atoms with Crippen LogP contribution in [0.2, 0.25) is 0 Å².